The number of esters is 1. The van der Waals surface area contributed by atoms with Gasteiger partial charge in [-0.15, -0.1) is 0 Å². The number of benzene rings is 3. The maximum atomic E-state index is 13.0. The van der Waals surface area contributed by atoms with Gasteiger partial charge in [0.25, 0.3) is 11.8 Å². The first kappa shape index (κ1) is 23.8. The van der Waals surface area contributed by atoms with Crippen LogP contribution < -0.4 is 14.4 Å². The largest absolute Gasteiger partial charge is 0.497 e. The van der Waals surface area contributed by atoms with Crippen molar-refractivity contribution < 1.29 is 33.1 Å². The number of anilines is 1. The molecule has 0 N–H and O–H groups in total. The topological polar surface area (TPSA) is 108 Å². The Balaban J connectivity index is 1.27. The summed E-state index contributed by atoms with van der Waals surface area (Å²) in [5.41, 5.74) is 2.32. The molecule has 0 bridgehead atoms. The van der Waals surface area contributed by atoms with Crippen LogP contribution >= 0.6 is 0 Å². The number of rotatable bonds is 8. The zero-order chi connectivity index (χ0) is 25.9. The van der Waals surface area contributed by atoms with Crippen LogP contribution in [-0.4, -0.2) is 36.7 Å². The number of fused-ring (bicyclic) bond motifs is 1. The Kier molecular flexibility index (Phi) is 6.42. The second kappa shape index (κ2) is 9.98. The van der Waals surface area contributed by atoms with Crippen molar-refractivity contribution in [3.05, 3.63) is 95.2 Å². The lowest BCUT2D eigenvalue weighted by Crippen LogP contribution is -2.29. The van der Waals surface area contributed by atoms with Gasteiger partial charge in [-0.25, -0.2) is 9.69 Å². The summed E-state index contributed by atoms with van der Waals surface area (Å²) in [7, 11) is 1.59. The van der Waals surface area contributed by atoms with Gasteiger partial charge in [0.05, 0.1) is 36.1 Å². The summed E-state index contributed by atoms with van der Waals surface area (Å²) in [4.78, 5) is 39.7. The molecule has 4 aromatic rings. The molecule has 9 heteroatoms. The molecule has 0 unspecified atom stereocenters. The number of hydrogen-bond donors (Lipinski definition) is 0. The summed E-state index contributed by atoms with van der Waals surface area (Å²) in [5, 5.41) is 4.01. The molecule has 1 aromatic heterocycles. The van der Waals surface area contributed by atoms with Gasteiger partial charge >= 0.3 is 5.97 Å². The van der Waals surface area contributed by atoms with Crippen LogP contribution in [0.1, 0.15) is 43.8 Å². The Bertz CT molecular complexity index is 1470. The molecular weight excluding hydrogens is 476 g/mol. The molecule has 37 heavy (non-hydrogen) atoms. The smallest absolute Gasteiger partial charge is 0.338 e. The normalized spacial score (nSPS) is 12.4. The van der Waals surface area contributed by atoms with Gasteiger partial charge in [0.2, 0.25) is 0 Å². The van der Waals surface area contributed by atoms with E-state index in [0.717, 1.165) is 16.2 Å². The van der Waals surface area contributed by atoms with E-state index in [1.165, 1.54) is 18.2 Å². The molecule has 0 atom stereocenters. The minimum Gasteiger partial charge on any atom is -0.497 e. The van der Waals surface area contributed by atoms with E-state index in [2.05, 4.69) is 5.16 Å². The Hall–Kier alpha value is -4.92. The number of amides is 2. The minimum atomic E-state index is -0.662. The number of imide groups is 1. The SMILES string of the molecule is CCOc1ccc(N2C(=O)c3ccc(C(=O)OCc4cc(-c5ccc(OC)cc5)no4)cc3C2=O)cc1. The van der Waals surface area contributed by atoms with Crippen molar-refractivity contribution in [2.45, 2.75) is 13.5 Å². The van der Waals surface area contributed by atoms with Crippen molar-refractivity contribution in [1.82, 2.24) is 5.16 Å². The first-order valence-electron chi connectivity index (χ1n) is 11.5. The standard InChI is InChI=1S/C28H22N2O7/c1-3-35-21-11-7-19(8-12-21)30-26(31)23-13-6-18(14-24(23)27(30)32)28(33)36-16-22-15-25(29-37-22)17-4-9-20(34-2)10-5-17/h4-15H,3,16H2,1-2H3. The van der Waals surface area contributed by atoms with Crippen molar-refractivity contribution in [2.75, 3.05) is 18.6 Å². The van der Waals surface area contributed by atoms with Crippen LogP contribution in [0.3, 0.4) is 0 Å². The number of carbonyl (C=O) groups excluding carboxylic acids is 3. The monoisotopic (exact) mass is 498 g/mol. The fourth-order valence-electron chi connectivity index (χ4n) is 3.96. The molecule has 0 fully saturated rings. The highest BCUT2D eigenvalue weighted by Crippen LogP contribution is 2.30. The van der Waals surface area contributed by atoms with E-state index in [1.807, 2.05) is 19.1 Å². The molecular formula is C28H22N2O7. The minimum absolute atomic E-state index is 0.134. The highest BCUT2D eigenvalue weighted by Gasteiger charge is 2.37. The van der Waals surface area contributed by atoms with Crippen molar-refractivity contribution in [1.29, 1.82) is 0 Å². The first-order valence-corrected chi connectivity index (χ1v) is 11.5. The zero-order valence-corrected chi connectivity index (χ0v) is 20.1. The summed E-state index contributed by atoms with van der Waals surface area (Å²) < 4.78 is 21.2. The van der Waals surface area contributed by atoms with Crippen molar-refractivity contribution in [2.24, 2.45) is 0 Å². The number of hydrogen-bond acceptors (Lipinski definition) is 8. The summed E-state index contributed by atoms with van der Waals surface area (Å²) in [5.74, 6) is 0.0718. The number of nitrogens with zero attached hydrogens (tertiary/aromatic N) is 2. The van der Waals surface area contributed by atoms with Crippen LogP contribution in [0.15, 0.2) is 77.3 Å². The molecule has 0 spiro atoms. The molecule has 0 saturated heterocycles. The number of ether oxygens (including phenoxy) is 3. The third kappa shape index (κ3) is 4.66. The molecule has 186 valence electrons. The van der Waals surface area contributed by atoms with Crippen molar-refractivity contribution in [3.63, 3.8) is 0 Å². The van der Waals surface area contributed by atoms with E-state index >= 15 is 0 Å². The number of carbonyl (C=O) groups is 3. The molecule has 1 aliphatic rings. The first-order chi connectivity index (χ1) is 18.0. The van der Waals surface area contributed by atoms with Gasteiger partial charge in [-0.2, -0.15) is 0 Å². The Labute approximate surface area is 212 Å². The summed E-state index contributed by atoms with van der Waals surface area (Å²) in [6.07, 6.45) is 0. The summed E-state index contributed by atoms with van der Waals surface area (Å²) >= 11 is 0. The molecule has 5 rings (SSSR count). The van der Waals surface area contributed by atoms with Gasteiger partial charge in [-0.3, -0.25) is 9.59 Å². The zero-order valence-electron chi connectivity index (χ0n) is 20.1. The number of aromatic nitrogens is 1. The van der Waals surface area contributed by atoms with Gasteiger partial charge in [0.1, 0.15) is 17.2 Å². The van der Waals surface area contributed by atoms with Crippen molar-refractivity contribution in [3.8, 4) is 22.8 Å². The van der Waals surface area contributed by atoms with Crippen molar-refractivity contribution >= 4 is 23.5 Å². The second-order valence-corrected chi connectivity index (χ2v) is 8.12. The fourth-order valence-corrected chi connectivity index (χ4v) is 3.96. The van der Waals surface area contributed by atoms with Crippen LogP contribution in [0, 0.1) is 0 Å². The summed E-state index contributed by atoms with van der Waals surface area (Å²) in [6, 6.07) is 19.9. The lowest BCUT2D eigenvalue weighted by molar-refractivity contribution is 0.0437. The van der Waals surface area contributed by atoms with Gasteiger partial charge in [0, 0.05) is 11.6 Å². The molecule has 0 aliphatic carbocycles. The maximum Gasteiger partial charge on any atom is 0.338 e. The van der Waals surface area contributed by atoms with Crippen LogP contribution in [0.2, 0.25) is 0 Å². The van der Waals surface area contributed by atoms with Crippen LogP contribution in [0.4, 0.5) is 5.69 Å². The van der Waals surface area contributed by atoms with Gasteiger partial charge in [-0.05, 0) is 73.7 Å². The Morgan fingerprint density at radius 3 is 2.30 bits per heavy atom. The van der Waals surface area contributed by atoms with E-state index < -0.39 is 17.8 Å². The quantitative estimate of drug-likeness (QED) is 0.249. The Morgan fingerprint density at radius 2 is 1.59 bits per heavy atom. The second-order valence-electron chi connectivity index (χ2n) is 8.12. The molecule has 2 amide bonds. The molecule has 0 saturated carbocycles. The molecule has 0 radical (unpaired) electrons. The van der Waals surface area contributed by atoms with Crippen LogP contribution in [-0.2, 0) is 11.3 Å². The number of methoxy groups -OCH3 is 1. The van der Waals surface area contributed by atoms with Crippen LogP contribution in [0.5, 0.6) is 11.5 Å². The van der Waals surface area contributed by atoms with E-state index in [9.17, 15) is 14.4 Å². The third-order valence-electron chi connectivity index (χ3n) is 5.82. The van der Waals surface area contributed by atoms with E-state index in [-0.39, 0.29) is 23.3 Å². The Morgan fingerprint density at radius 1 is 0.892 bits per heavy atom. The average Bonchev–Trinajstić information content (AvgIpc) is 3.50. The van der Waals surface area contributed by atoms with Gasteiger partial charge in [0.15, 0.2) is 12.4 Å². The lowest BCUT2D eigenvalue weighted by atomic mass is 10.1. The lowest BCUT2D eigenvalue weighted by Gasteiger charge is -2.14. The molecule has 3 aromatic carbocycles. The predicted molar refractivity (Wildman–Crippen MR) is 133 cm³/mol. The summed E-state index contributed by atoms with van der Waals surface area (Å²) in [6.45, 7) is 2.22. The van der Waals surface area contributed by atoms with E-state index in [4.69, 9.17) is 18.7 Å². The molecule has 1 aliphatic heterocycles. The third-order valence-corrected chi connectivity index (χ3v) is 5.82. The molecule has 9 nitrogen and oxygen atoms in total. The highest BCUT2D eigenvalue weighted by atomic mass is 16.5. The van der Waals surface area contributed by atoms with Crippen LogP contribution in [0.25, 0.3) is 11.3 Å². The van der Waals surface area contributed by atoms with Gasteiger partial charge in [-0.1, -0.05) is 5.16 Å². The van der Waals surface area contributed by atoms with E-state index in [0.29, 0.717) is 29.5 Å². The highest BCUT2D eigenvalue weighted by molar-refractivity contribution is 6.34. The molecule has 2 heterocycles. The maximum absolute atomic E-state index is 13.0. The van der Waals surface area contributed by atoms with E-state index in [1.54, 1.807) is 49.6 Å². The van der Waals surface area contributed by atoms with Gasteiger partial charge < -0.3 is 18.7 Å². The predicted octanol–water partition coefficient (Wildman–Crippen LogP) is 4.91. The average molecular weight is 498 g/mol. The fraction of sp³-hybridized carbons (Fsp3) is 0.143.